The second-order valence-electron chi connectivity index (χ2n) is 5.79. The molecule has 0 unspecified atom stereocenters. The van der Waals surface area contributed by atoms with Gasteiger partial charge in [-0.25, -0.2) is 8.42 Å². The zero-order valence-electron chi connectivity index (χ0n) is 13.9. The number of nitrogens with zero attached hydrogens (tertiary/aromatic N) is 1. The number of aliphatic hydroxyl groups excluding tert-OH is 1. The standard InChI is InChI=1S/C19H23NO3S/c1-16-8-10-19(11-9-16)24(22,23)20(12-13-21)15-17(2)14-18-6-4-3-5-7-18/h3-11,21H,2,12-15H2,1H3. The Kier molecular flexibility index (Phi) is 6.31. The van der Waals surface area contributed by atoms with Crippen LogP contribution in [0, 0.1) is 6.92 Å². The third kappa shape index (κ3) is 4.77. The molecule has 0 bridgehead atoms. The molecule has 2 aromatic rings. The van der Waals surface area contributed by atoms with E-state index in [4.69, 9.17) is 0 Å². The van der Waals surface area contributed by atoms with Crippen molar-refractivity contribution in [2.75, 3.05) is 19.7 Å². The quantitative estimate of drug-likeness (QED) is 0.749. The van der Waals surface area contributed by atoms with Gasteiger partial charge in [-0.15, -0.1) is 0 Å². The second-order valence-corrected chi connectivity index (χ2v) is 7.73. The largest absolute Gasteiger partial charge is 0.395 e. The van der Waals surface area contributed by atoms with Crippen LogP contribution in [0.2, 0.25) is 0 Å². The lowest BCUT2D eigenvalue weighted by Crippen LogP contribution is -2.35. The molecule has 0 spiro atoms. The lowest BCUT2D eigenvalue weighted by molar-refractivity contribution is 0.258. The Bertz CT molecular complexity index is 768. The lowest BCUT2D eigenvalue weighted by atomic mass is 10.1. The molecular formula is C19H23NO3S. The van der Waals surface area contributed by atoms with Crippen LogP contribution in [0.25, 0.3) is 0 Å². The summed E-state index contributed by atoms with van der Waals surface area (Å²) >= 11 is 0. The molecule has 5 heteroatoms. The molecule has 128 valence electrons. The fraction of sp³-hybridized carbons (Fsp3) is 0.263. The molecule has 0 aliphatic heterocycles. The molecule has 2 rings (SSSR count). The highest BCUT2D eigenvalue weighted by Gasteiger charge is 2.24. The van der Waals surface area contributed by atoms with Crippen LogP contribution in [0.5, 0.6) is 0 Å². The summed E-state index contributed by atoms with van der Waals surface area (Å²) in [6.07, 6.45) is 0.603. The van der Waals surface area contributed by atoms with Crippen LogP contribution < -0.4 is 0 Å². The zero-order chi connectivity index (χ0) is 17.6. The van der Waals surface area contributed by atoms with E-state index in [1.807, 2.05) is 37.3 Å². The molecule has 0 saturated carbocycles. The van der Waals surface area contributed by atoms with Gasteiger partial charge < -0.3 is 5.11 Å². The molecule has 0 atom stereocenters. The highest BCUT2D eigenvalue weighted by Crippen LogP contribution is 2.18. The van der Waals surface area contributed by atoms with Gasteiger partial charge in [0, 0.05) is 13.1 Å². The highest BCUT2D eigenvalue weighted by molar-refractivity contribution is 7.89. The van der Waals surface area contributed by atoms with Crippen molar-refractivity contribution in [1.82, 2.24) is 4.31 Å². The van der Waals surface area contributed by atoms with Crippen LogP contribution in [0.4, 0.5) is 0 Å². The second kappa shape index (κ2) is 8.24. The average Bonchev–Trinajstić information content (AvgIpc) is 2.55. The first-order valence-electron chi connectivity index (χ1n) is 7.81. The maximum absolute atomic E-state index is 12.8. The van der Waals surface area contributed by atoms with E-state index in [0.29, 0.717) is 6.42 Å². The molecule has 1 N–H and O–H groups in total. The van der Waals surface area contributed by atoms with Gasteiger partial charge in [0.2, 0.25) is 10.0 Å². The van der Waals surface area contributed by atoms with Crippen molar-refractivity contribution >= 4 is 10.0 Å². The van der Waals surface area contributed by atoms with Gasteiger partial charge in [-0.1, -0.05) is 60.2 Å². The summed E-state index contributed by atoms with van der Waals surface area (Å²) in [5.74, 6) is 0. The van der Waals surface area contributed by atoms with E-state index >= 15 is 0 Å². The van der Waals surface area contributed by atoms with E-state index in [0.717, 1.165) is 16.7 Å². The summed E-state index contributed by atoms with van der Waals surface area (Å²) in [5, 5.41) is 9.26. The normalized spacial score (nSPS) is 11.6. The van der Waals surface area contributed by atoms with Gasteiger partial charge in [0.05, 0.1) is 11.5 Å². The monoisotopic (exact) mass is 345 g/mol. The van der Waals surface area contributed by atoms with Crippen LogP contribution in [-0.2, 0) is 16.4 Å². The van der Waals surface area contributed by atoms with Crippen molar-refractivity contribution in [3.8, 4) is 0 Å². The molecule has 0 aliphatic carbocycles. The first-order valence-corrected chi connectivity index (χ1v) is 9.26. The fourth-order valence-corrected chi connectivity index (χ4v) is 3.90. The topological polar surface area (TPSA) is 57.6 Å². The number of benzene rings is 2. The predicted molar refractivity (Wildman–Crippen MR) is 96.3 cm³/mol. The van der Waals surface area contributed by atoms with Gasteiger partial charge >= 0.3 is 0 Å². The molecule has 0 saturated heterocycles. The maximum Gasteiger partial charge on any atom is 0.243 e. The Morgan fingerprint density at radius 1 is 1.08 bits per heavy atom. The Morgan fingerprint density at radius 2 is 1.71 bits per heavy atom. The number of hydrogen-bond donors (Lipinski definition) is 1. The van der Waals surface area contributed by atoms with E-state index in [9.17, 15) is 13.5 Å². The van der Waals surface area contributed by atoms with Crippen LogP contribution in [0.3, 0.4) is 0 Å². The van der Waals surface area contributed by atoms with Crippen molar-refractivity contribution in [1.29, 1.82) is 0 Å². The van der Waals surface area contributed by atoms with Gasteiger partial charge in [0.1, 0.15) is 0 Å². The highest BCUT2D eigenvalue weighted by atomic mass is 32.2. The number of sulfonamides is 1. The first kappa shape index (κ1) is 18.4. The van der Waals surface area contributed by atoms with E-state index in [1.54, 1.807) is 24.3 Å². The Morgan fingerprint density at radius 3 is 2.29 bits per heavy atom. The molecule has 0 heterocycles. The molecule has 0 fully saturated rings. The van der Waals surface area contributed by atoms with Crippen LogP contribution >= 0.6 is 0 Å². The lowest BCUT2D eigenvalue weighted by Gasteiger charge is -2.22. The third-order valence-electron chi connectivity index (χ3n) is 3.71. The van der Waals surface area contributed by atoms with Gasteiger partial charge in [0.15, 0.2) is 0 Å². The first-order chi connectivity index (χ1) is 11.4. The Labute approximate surface area is 144 Å². The van der Waals surface area contributed by atoms with Gasteiger partial charge in [-0.2, -0.15) is 4.31 Å². The molecular weight excluding hydrogens is 322 g/mol. The minimum Gasteiger partial charge on any atom is -0.395 e. The van der Waals surface area contributed by atoms with Crippen molar-refractivity contribution in [2.24, 2.45) is 0 Å². The molecule has 0 radical (unpaired) electrons. The van der Waals surface area contributed by atoms with Crippen LogP contribution in [-0.4, -0.2) is 37.5 Å². The van der Waals surface area contributed by atoms with Crippen LogP contribution in [0.1, 0.15) is 11.1 Å². The van der Waals surface area contributed by atoms with Gasteiger partial charge in [-0.05, 0) is 31.0 Å². The molecule has 0 aromatic heterocycles. The van der Waals surface area contributed by atoms with Crippen molar-refractivity contribution in [3.63, 3.8) is 0 Å². The van der Waals surface area contributed by atoms with E-state index in [-0.39, 0.29) is 24.6 Å². The summed E-state index contributed by atoms with van der Waals surface area (Å²) < 4.78 is 26.9. The molecule has 2 aromatic carbocycles. The third-order valence-corrected chi connectivity index (χ3v) is 5.56. The molecule has 24 heavy (non-hydrogen) atoms. The van der Waals surface area contributed by atoms with Crippen molar-refractivity contribution < 1.29 is 13.5 Å². The van der Waals surface area contributed by atoms with E-state index in [1.165, 1.54) is 4.31 Å². The predicted octanol–water partition coefficient (Wildman–Crippen LogP) is 2.78. The average molecular weight is 345 g/mol. The maximum atomic E-state index is 12.8. The molecule has 0 aliphatic rings. The minimum absolute atomic E-state index is 0.0457. The van der Waals surface area contributed by atoms with E-state index < -0.39 is 10.0 Å². The van der Waals surface area contributed by atoms with Crippen molar-refractivity contribution in [3.05, 3.63) is 77.9 Å². The fourth-order valence-electron chi connectivity index (χ4n) is 2.44. The Hall–Kier alpha value is -1.95. The van der Waals surface area contributed by atoms with Gasteiger partial charge in [-0.3, -0.25) is 0 Å². The minimum atomic E-state index is -3.65. The van der Waals surface area contributed by atoms with Crippen molar-refractivity contribution in [2.45, 2.75) is 18.2 Å². The smallest absolute Gasteiger partial charge is 0.243 e. The SMILES string of the molecule is C=C(Cc1ccccc1)CN(CCO)S(=O)(=O)c1ccc(C)cc1. The summed E-state index contributed by atoms with van der Waals surface area (Å²) in [7, 11) is -3.65. The summed E-state index contributed by atoms with van der Waals surface area (Å²) in [4.78, 5) is 0.231. The molecule has 0 amide bonds. The van der Waals surface area contributed by atoms with E-state index in [2.05, 4.69) is 6.58 Å². The Balaban J connectivity index is 2.16. The summed E-state index contributed by atoms with van der Waals surface area (Å²) in [5.41, 5.74) is 2.86. The van der Waals surface area contributed by atoms with Gasteiger partial charge in [0.25, 0.3) is 0 Å². The molecule has 4 nitrogen and oxygen atoms in total. The number of rotatable bonds is 8. The number of aliphatic hydroxyl groups is 1. The summed E-state index contributed by atoms with van der Waals surface area (Å²) in [6.45, 7) is 5.91. The van der Waals surface area contributed by atoms with Crippen LogP contribution in [0.15, 0.2) is 71.6 Å². The number of hydrogen-bond acceptors (Lipinski definition) is 3. The zero-order valence-corrected chi connectivity index (χ0v) is 14.7. The number of aryl methyl sites for hydroxylation is 1. The summed E-state index contributed by atoms with van der Waals surface area (Å²) in [6, 6.07) is 16.5.